The zero-order chi connectivity index (χ0) is 44.0. The molecule has 0 spiro atoms. The van der Waals surface area contributed by atoms with Gasteiger partial charge in [0.25, 0.3) is 0 Å². The molecule has 0 radical (unpaired) electrons. The van der Waals surface area contributed by atoms with E-state index in [1.54, 1.807) is 12.2 Å². The van der Waals surface area contributed by atoms with E-state index < -0.39 is 32.5 Å². The second-order valence-corrected chi connectivity index (χ2v) is 17.5. The Kier molecular flexibility index (Phi) is 42.9. The molecule has 0 fully saturated rings. The number of ether oxygens (including phenoxy) is 2. The average Bonchev–Trinajstić information content (AvgIpc) is 3.23. The van der Waals surface area contributed by atoms with Crippen molar-refractivity contribution in [2.45, 2.75) is 219 Å². The molecule has 0 aromatic rings. The molecule has 2 atom stereocenters. The fourth-order valence-electron chi connectivity index (χ4n) is 6.58. The van der Waals surface area contributed by atoms with Crippen molar-refractivity contribution in [3.63, 3.8) is 0 Å². The number of phosphoric acid groups is 1. The molecule has 0 aromatic heterocycles. The molecule has 0 heterocycles. The molecular weight excluding hydrogens is 778 g/mol. The van der Waals surface area contributed by atoms with Gasteiger partial charge in [0.2, 0.25) is 0 Å². The van der Waals surface area contributed by atoms with Gasteiger partial charge in [-0.2, -0.15) is 0 Å². The quantitative estimate of drug-likeness (QED) is 0.0151. The summed E-state index contributed by atoms with van der Waals surface area (Å²) in [6.45, 7) is 3.51. The number of hydrogen-bond donors (Lipinski definition) is 2. The predicted octanol–water partition coefficient (Wildman–Crippen LogP) is 13.5. The molecule has 0 bridgehead atoms. The molecule has 11 heteroatoms. The zero-order valence-corrected chi connectivity index (χ0v) is 39.1. The van der Waals surface area contributed by atoms with Crippen molar-refractivity contribution >= 4 is 25.5 Å². The number of ketones is 1. The standard InChI is InChI=1S/C49H88NO9P/c1-3-5-7-8-9-10-11-12-13-14-15-16-17-18-19-20-23-27-30-33-37-41-49(53)59-47(45-58-60(54,55)57-43-42-50)44-56-48(52)40-36-32-29-26-24-21-22-25-28-31-35-39-46(51)38-34-6-4-2/h21-22,26,28-29,31,35,39,47H,3-20,23-25,27,30,32-34,36-38,40-45,50H2,1-2H3,(H,54,55)/b22-21-,29-26-,31-28-,39-35+/t47-/m1/s1. The van der Waals surface area contributed by atoms with Gasteiger partial charge in [0, 0.05) is 25.8 Å². The topological polar surface area (TPSA) is 151 Å². The third kappa shape index (κ3) is 43.7. The van der Waals surface area contributed by atoms with Crippen LogP contribution in [0.2, 0.25) is 0 Å². The Morgan fingerprint density at radius 3 is 1.57 bits per heavy atom. The van der Waals surface area contributed by atoms with Crippen molar-refractivity contribution in [3.05, 3.63) is 48.6 Å². The summed E-state index contributed by atoms with van der Waals surface area (Å²) in [4.78, 5) is 46.7. The van der Waals surface area contributed by atoms with Gasteiger partial charge in [0.05, 0.1) is 13.2 Å². The maximum Gasteiger partial charge on any atom is 0.472 e. The zero-order valence-electron chi connectivity index (χ0n) is 38.2. The predicted molar refractivity (Wildman–Crippen MR) is 248 cm³/mol. The normalized spacial score (nSPS) is 13.5. The van der Waals surface area contributed by atoms with Crippen LogP contribution in [0.5, 0.6) is 0 Å². The Hall–Kier alpha value is -2.36. The number of phosphoric ester groups is 1. The van der Waals surface area contributed by atoms with Gasteiger partial charge in [-0.25, -0.2) is 4.57 Å². The number of carbonyl (C=O) groups excluding carboxylic acids is 3. The Labute approximate surface area is 366 Å². The molecule has 3 N–H and O–H groups in total. The number of rotatable bonds is 45. The molecule has 10 nitrogen and oxygen atoms in total. The van der Waals surface area contributed by atoms with Crippen LogP contribution in [0.15, 0.2) is 48.6 Å². The Balaban J connectivity index is 4.17. The third-order valence-corrected chi connectivity index (χ3v) is 11.2. The van der Waals surface area contributed by atoms with E-state index in [0.717, 1.165) is 51.4 Å². The van der Waals surface area contributed by atoms with E-state index >= 15 is 0 Å². The number of hydrogen-bond acceptors (Lipinski definition) is 9. The van der Waals surface area contributed by atoms with E-state index in [1.165, 1.54) is 109 Å². The Morgan fingerprint density at radius 2 is 1.02 bits per heavy atom. The molecule has 0 saturated heterocycles. The van der Waals surface area contributed by atoms with Crippen molar-refractivity contribution in [3.8, 4) is 0 Å². The van der Waals surface area contributed by atoms with Crippen LogP contribution in [0.1, 0.15) is 213 Å². The average molecular weight is 866 g/mol. The van der Waals surface area contributed by atoms with Gasteiger partial charge in [-0.05, 0) is 44.6 Å². The summed E-state index contributed by atoms with van der Waals surface area (Å²) in [5.41, 5.74) is 5.35. The molecule has 348 valence electrons. The van der Waals surface area contributed by atoms with Crippen LogP contribution in [-0.4, -0.2) is 55.1 Å². The SMILES string of the molecule is CCCCCCCCCCCCCCCCCCCCCCCC(=O)O[C@H](COC(=O)CCC/C=C\C/C=C\C/C=C\C=C\C(=O)CCCCC)COP(=O)(O)OCCN. The molecule has 0 saturated carbocycles. The molecule has 0 rings (SSSR count). The molecule has 1 unspecified atom stereocenters. The highest BCUT2D eigenvalue weighted by molar-refractivity contribution is 7.47. The van der Waals surface area contributed by atoms with Crippen molar-refractivity contribution in [1.82, 2.24) is 0 Å². The van der Waals surface area contributed by atoms with Crippen molar-refractivity contribution < 1.29 is 42.4 Å². The van der Waals surface area contributed by atoms with E-state index in [2.05, 4.69) is 26.0 Å². The van der Waals surface area contributed by atoms with Crippen molar-refractivity contribution in [1.29, 1.82) is 0 Å². The lowest BCUT2D eigenvalue weighted by Gasteiger charge is -2.19. The Bertz CT molecular complexity index is 1190. The highest BCUT2D eigenvalue weighted by Crippen LogP contribution is 2.43. The highest BCUT2D eigenvalue weighted by atomic mass is 31.2. The molecule has 0 aromatic carbocycles. The summed E-state index contributed by atoms with van der Waals surface area (Å²) in [6, 6.07) is 0. The number of nitrogens with two attached hydrogens (primary N) is 1. The minimum atomic E-state index is -4.40. The van der Waals surface area contributed by atoms with Crippen LogP contribution in [0, 0.1) is 0 Å². The third-order valence-electron chi connectivity index (χ3n) is 10.2. The minimum absolute atomic E-state index is 0.0369. The lowest BCUT2D eigenvalue weighted by Crippen LogP contribution is -2.29. The lowest BCUT2D eigenvalue weighted by molar-refractivity contribution is -0.161. The minimum Gasteiger partial charge on any atom is -0.462 e. The van der Waals surface area contributed by atoms with E-state index in [1.807, 2.05) is 24.3 Å². The highest BCUT2D eigenvalue weighted by Gasteiger charge is 2.26. The summed E-state index contributed by atoms with van der Waals surface area (Å²) >= 11 is 0. The van der Waals surface area contributed by atoms with Gasteiger partial charge in [0.1, 0.15) is 6.61 Å². The van der Waals surface area contributed by atoms with Gasteiger partial charge in [-0.1, -0.05) is 198 Å². The Morgan fingerprint density at radius 1 is 0.550 bits per heavy atom. The van der Waals surface area contributed by atoms with E-state index in [9.17, 15) is 23.8 Å². The van der Waals surface area contributed by atoms with Gasteiger partial charge < -0.3 is 20.1 Å². The van der Waals surface area contributed by atoms with Crippen molar-refractivity contribution in [2.75, 3.05) is 26.4 Å². The van der Waals surface area contributed by atoms with Gasteiger partial charge in [-0.3, -0.25) is 23.4 Å². The second kappa shape index (κ2) is 44.7. The van der Waals surface area contributed by atoms with Crippen molar-refractivity contribution in [2.24, 2.45) is 5.73 Å². The summed E-state index contributed by atoms with van der Waals surface area (Å²) in [5, 5.41) is 0. The first kappa shape index (κ1) is 57.6. The first-order valence-corrected chi connectivity index (χ1v) is 25.6. The van der Waals surface area contributed by atoms with Gasteiger partial charge >= 0.3 is 19.8 Å². The van der Waals surface area contributed by atoms with E-state index in [-0.39, 0.29) is 38.4 Å². The smallest absolute Gasteiger partial charge is 0.462 e. The maximum atomic E-state index is 12.6. The van der Waals surface area contributed by atoms with Crippen LogP contribution in [0.4, 0.5) is 0 Å². The summed E-state index contributed by atoms with van der Waals surface area (Å²) in [6.07, 6.45) is 48.5. The van der Waals surface area contributed by atoms with Crippen LogP contribution < -0.4 is 5.73 Å². The summed E-state index contributed by atoms with van der Waals surface area (Å²) in [7, 11) is -4.40. The van der Waals surface area contributed by atoms with Crippen LogP contribution in [-0.2, 0) is 37.5 Å². The molecule has 0 aliphatic rings. The van der Waals surface area contributed by atoms with E-state index in [4.69, 9.17) is 24.3 Å². The summed E-state index contributed by atoms with van der Waals surface area (Å²) in [5.74, 6) is -0.753. The largest absolute Gasteiger partial charge is 0.472 e. The first-order chi connectivity index (χ1) is 29.2. The number of unbranched alkanes of at least 4 members (excludes halogenated alkanes) is 23. The van der Waals surface area contributed by atoms with Gasteiger partial charge in [0.15, 0.2) is 11.9 Å². The number of carbonyl (C=O) groups is 3. The molecule has 0 aliphatic carbocycles. The fourth-order valence-corrected chi connectivity index (χ4v) is 7.35. The maximum absolute atomic E-state index is 12.6. The molecule has 0 aliphatic heterocycles. The second-order valence-electron chi connectivity index (χ2n) is 16.0. The van der Waals surface area contributed by atoms with Gasteiger partial charge in [-0.15, -0.1) is 0 Å². The van der Waals surface area contributed by atoms with E-state index in [0.29, 0.717) is 25.7 Å². The molecule has 60 heavy (non-hydrogen) atoms. The monoisotopic (exact) mass is 866 g/mol. The molecule has 0 amide bonds. The lowest BCUT2D eigenvalue weighted by atomic mass is 10.0. The van der Waals surface area contributed by atoms with Crippen LogP contribution in [0.25, 0.3) is 0 Å². The van der Waals surface area contributed by atoms with Crippen LogP contribution in [0.3, 0.4) is 0 Å². The molecular formula is C49H88NO9P. The first-order valence-electron chi connectivity index (χ1n) is 24.1. The number of esters is 2. The fraction of sp³-hybridized carbons (Fsp3) is 0.776. The van der Waals surface area contributed by atoms with Crippen LogP contribution >= 0.6 is 7.82 Å². The summed E-state index contributed by atoms with van der Waals surface area (Å²) < 4.78 is 32.8. The number of allylic oxidation sites excluding steroid dienone is 8.